The fourth-order valence-corrected chi connectivity index (χ4v) is 1.39. The van der Waals surface area contributed by atoms with E-state index in [-0.39, 0.29) is 0 Å². The SMILES string of the molecule is CC(C)C(C)N(C)CCCCC(=N)N. The van der Waals surface area contributed by atoms with E-state index >= 15 is 0 Å². The van der Waals surface area contributed by atoms with Gasteiger partial charge in [0.1, 0.15) is 0 Å². The average Bonchev–Trinajstić information content (AvgIpc) is 2.10. The van der Waals surface area contributed by atoms with Gasteiger partial charge in [0.2, 0.25) is 0 Å². The van der Waals surface area contributed by atoms with Gasteiger partial charge in [-0.05, 0) is 39.3 Å². The van der Waals surface area contributed by atoms with E-state index in [0.29, 0.717) is 17.8 Å². The number of nitrogens with one attached hydrogen (secondary N) is 1. The molecule has 3 heteroatoms. The van der Waals surface area contributed by atoms with Crippen LogP contribution >= 0.6 is 0 Å². The minimum Gasteiger partial charge on any atom is -0.388 e. The van der Waals surface area contributed by atoms with Crippen LogP contribution in [0, 0.1) is 11.3 Å². The van der Waals surface area contributed by atoms with E-state index in [1.54, 1.807) is 0 Å². The van der Waals surface area contributed by atoms with Gasteiger partial charge in [-0.25, -0.2) is 0 Å². The van der Waals surface area contributed by atoms with Crippen LogP contribution in [0.4, 0.5) is 0 Å². The van der Waals surface area contributed by atoms with Crippen LogP contribution < -0.4 is 5.73 Å². The number of hydrogen-bond acceptors (Lipinski definition) is 2. The van der Waals surface area contributed by atoms with Gasteiger partial charge in [0.05, 0.1) is 5.84 Å². The summed E-state index contributed by atoms with van der Waals surface area (Å²) in [5.41, 5.74) is 5.29. The Hall–Kier alpha value is -0.570. The molecule has 0 aliphatic heterocycles. The molecule has 0 aliphatic carbocycles. The predicted octanol–water partition coefficient (Wildman–Crippen LogP) is 2.07. The van der Waals surface area contributed by atoms with Crippen molar-refractivity contribution >= 4 is 5.84 Å². The Labute approximate surface area is 88.2 Å². The summed E-state index contributed by atoms with van der Waals surface area (Å²) < 4.78 is 0. The summed E-state index contributed by atoms with van der Waals surface area (Å²) in [7, 11) is 2.17. The molecular weight excluding hydrogens is 174 g/mol. The smallest absolute Gasteiger partial charge is 0.0905 e. The van der Waals surface area contributed by atoms with Crippen molar-refractivity contribution in [3.63, 3.8) is 0 Å². The van der Waals surface area contributed by atoms with Crippen LogP contribution in [-0.4, -0.2) is 30.4 Å². The van der Waals surface area contributed by atoms with Crippen molar-refractivity contribution in [3.05, 3.63) is 0 Å². The maximum absolute atomic E-state index is 7.10. The second-order valence-corrected chi connectivity index (χ2v) is 4.45. The Kier molecular flexibility index (Phi) is 6.54. The number of unbranched alkanes of at least 4 members (excludes halogenated alkanes) is 1. The predicted molar refractivity (Wildman–Crippen MR) is 62.7 cm³/mol. The Morgan fingerprint density at radius 2 is 1.86 bits per heavy atom. The highest BCUT2D eigenvalue weighted by atomic mass is 15.1. The molecule has 0 rings (SSSR count). The zero-order valence-electron chi connectivity index (χ0n) is 10.0. The monoisotopic (exact) mass is 199 g/mol. The molecule has 0 fully saturated rings. The number of nitrogens with two attached hydrogens (primary N) is 1. The zero-order chi connectivity index (χ0) is 11.1. The lowest BCUT2D eigenvalue weighted by molar-refractivity contribution is 0.205. The van der Waals surface area contributed by atoms with Crippen molar-refractivity contribution in [1.82, 2.24) is 4.90 Å². The summed E-state index contributed by atoms with van der Waals surface area (Å²) in [6.07, 6.45) is 2.90. The third-order valence-corrected chi connectivity index (χ3v) is 2.87. The maximum atomic E-state index is 7.10. The summed E-state index contributed by atoms with van der Waals surface area (Å²) in [5.74, 6) is 1.01. The molecule has 0 aliphatic rings. The summed E-state index contributed by atoms with van der Waals surface area (Å²) in [6, 6.07) is 0.632. The Bertz CT molecular complexity index is 166. The highest BCUT2D eigenvalue weighted by molar-refractivity contribution is 5.76. The molecule has 84 valence electrons. The van der Waals surface area contributed by atoms with Gasteiger partial charge in [0, 0.05) is 12.5 Å². The zero-order valence-corrected chi connectivity index (χ0v) is 10.0. The molecular formula is C11H25N3. The number of amidine groups is 1. The van der Waals surface area contributed by atoms with Crippen molar-refractivity contribution < 1.29 is 0 Å². The summed E-state index contributed by atoms with van der Waals surface area (Å²) in [4.78, 5) is 2.38. The van der Waals surface area contributed by atoms with Crippen molar-refractivity contribution in [2.45, 2.75) is 46.1 Å². The molecule has 0 amide bonds. The molecule has 14 heavy (non-hydrogen) atoms. The van der Waals surface area contributed by atoms with Crippen LogP contribution in [0.3, 0.4) is 0 Å². The molecule has 1 atom stereocenters. The van der Waals surface area contributed by atoms with Gasteiger partial charge < -0.3 is 10.6 Å². The second kappa shape index (κ2) is 6.82. The Morgan fingerprint density at radius 1 is 1.29 bits per heavy atom. The van der Waals surface area contributed by atoms with Gasteiger partial charge in [-0.3, -0.25) is 5.41 Å². The van der Waals surface area contributed by atoms with Gasteiger partial charge in [0.25, 0.3) is 0 Å². The molecule has 3 N–H and O–H groups in total. The molecule has 1 unspecified atom stereocenters. The summed E-state index contributed by atoms with van der Waals surface area (Å²) in [6.45, 7) is 7.86. The Morgan fingerprint density at radius 3 is 2.29 bits per heavy atom. The van der Waals surface area contributed by atoms with Gasteiger partial charge in [-0.15, -0.1) is 0 Å². The maximum Gasteiger partial charge on any atom is 0.0905 e. The topological polar surface area (TPSA) is 53.1 Å². The first kappa shape index (κ1) is 13.4. The van der Waals surface area contributed by atoms with E-state index in [9.17, 15) is 0 Å². The van der Waals surface area contributed by atoms with Crippen LogP contribution in [0.1, 0.15) is 40.0 Å². The number of rotatable bonds is 7. The normalized spacial score (nSPS) is 13.6. The molecule has 3 nitrogen and oxygen atoms in total. The van der Waals surface area contributed by atoms with E-state index in [4.69, 9.17) is 11.1 Å². The molecule has 0 bridgehead atoms. The van der Waals surface area contributed by atoms with Crippen molar-refractivity contribution in [2.75, 3.05) is 13.6 Å². The van der Waals surface area contributed by atoms with Crippen LogP contribution in [0.2, 0.25) is 0 Å². The molecule has 0 radical (unpaired) electrons. The van der Waals surface area contributed by atoms with Crippen molar-refractivity contribution in [2.24, 2.45) is 11.7 Å². The first-order valence-corrected chi connectivity index (χ1v) is 5.48. The van der Waals surface area contributed by atoms with Gasteiger partial charge in [0.15, 0.2) is 0 Å². The molecule has 0 aromatic rings. The minimum absolute atomic E-state index is 0.310. The largest absolute Gasteiger partial charge is 0.388 e. The lowest BCUT2D eigenvalue weighted by Gasteiger charge is -2.27. The van der Waals surface area contributed by atoms with Gasteiger partial charge in [-0.2, -0.15) is 0 Å². The lowest BCUT2D eigenvalue weighted by atomic mass is 10.0. The second-order valence-electron chi connectivity index (χ2n) is 4.45. The molecule has 0 heterocycles. The molecule has 0 spiro atoms. The number of nitrogens with zero attached hydrogens (tertiary/aromatic N) is 1. The highest BCUT2D eigenvalue weighted by Gasteiger charge is 2.11. The molecule has 0 saturated heterocycles. The summed E-state index contributed by atoms with van der Waals surface area (Å²) >= 11 is 0. The average molecular weight is 199 g/mol. The molecule has 0 aromatic carbocycles. The van der Waals surface area contributed by atoms with E-state index in [1.807, 2.05) is 0 Å². The van der Waals surface area contributed by atoms with Crippen molar-refractivity contribution in [1.29, 1.82) is 5.41 Å². The molecule has 0 aromatic heterocycles. The van der Waals surface area contributed by atoms with Crippen LogP contribution in [0.5, 0.6) is 0 Å². The Balaban J connectivity index is 3.53. The molecule has 0 saturated carbocycles. The third kappa shape index (κ3) is 5.97. The third-order valence-electron chi connectivity index (χ3n) is 2.87. The van der Waals surface area contributed by atoms with E-state index < -0.39 is 0 Å². The quantitative estimate of drug-likeness (QED) is 0.375. The number of hydrogen-bond donors (Lipinski definition) is 2. The fourth-order valence-electron chi connectivity index (χ4n) is 1.39. The van der Waals surface area contributed by atoms with Crippen LogP contribution in [0.15, 0.2) is 0 Å². The van der Waals surface area contributed by atoms with Crippen molar-refractivity contribution in [3.8, 4) is 0 Å². The van der Waals surface area contributed by atoms with Crippen LogP contribution in [0.25, 0.3) is 0 Å². The van der Waals surface area contributed by atoms with Crippen LogP contribution in [-0.2, 0) is 0 Å². The van der Waals surface area contributed by atoms with Gasteiger partial charge in [-0.1, -0.05) is 13.8 Å². The fraction of sp³-hybridized carbons (Fsp3) is 0.909. The van der Waals surface area contributed by atoms with E-state index in [2.05, 4.69) is 32.7 Å². The first-order valence-electron chi connectivity index (χ1n) is 5.48. The van der Waals surface area contributed by atoms with Gasteiger partial charge >= 0.3 is 0 Å². The minimum atomic E-state index is 0.310. The lowest BCUT2D eigenvalue weighted by Crippen LogP contribution is -2.34. The highest BCUT2D eigenvalue weighted by Crippen LogP contribution is 2.09. The summed E-state index contributed by atoms with van der Waals surface area (Å²) in [5, 5.41) is 7.10. The van der Waals surface area contributed by atoms with E-state index in [0.717, 1.165) is 25.8 Å². The standard InChI is InChI=1S/C11H25N3/c1-9(2)10(3)14(4)8-6-5-7-11(12)13/h9-10H,5-8H2,1-4H3,(H3,12,13). The van der Waals surface area contributed by atoms with E-state index in [1.165, 1.54) is 0 Å². The first-order chi connectivity index (χ1) is 6.45.